The number of hydrogen-bond donors (Lipinski definition) is 0. The van der Waals surface area contributed by atoms with Gasteiger partial charge in [0.1, 0.15) is 15.5 Å². The molecule has 0 fully saturated rings. The summed E-state index contributed by atoms with van der Waals surface area (Å²) in [4.78, 5) is 17.3. The van der Waals surface area contributed by atoms with E-state index in [9.17, 15) is 10.1 Å². The fourth-order valence-corrected chi connectivity index (χ4v) is 3.40. The fourth-order valence-electron chi connectivity index (χ4n) is 2.47. The van der Waals surface area contributed by atoms with Crippen LogP contribution in [0.5, 0.6) is 0 Å². The predicted molar refractivity (Wildman–Crippen MR) is 101 cm³/mol. The Bertz CT molecular complexity index is 823. The fraction of sp³-hybridized carbons (Fsp3) is 0.450. The number of nitriles is 1. The molecule has 0 bridgehead atoms. The van der Waals surface area contributed by atoms with E-state index in [2.05, 4.69) is 24.9 Å². The molecule has 0 aliphatic rings. The molecule has 5 heteroatoms. The van der Waals surface area contributed by atoms with Crippen LogP contribution in [0.4, 0.5) is 0 Å². The standard InChI is InChI=1S/C20H24N2O2S/c1-12(2)9-14-7-8-15(10-16(14)11-21)18-22-13(3)17(25-18)19(23)24-20(4,5)6/h7-8,10,12H,9H2,1-6H3. The van der Waals surface area contributed by atoms with Gasteiger partial charge in [-0.1, -0.05) is 26.0 Å². The van der Waals surface area contributed by atoms with Gasteiger partial charge in [-0.05, 0) is 51.7 Å². The first-order valence-electron chi connectivity index (χ1n) is 8.35. The van der Waals surface area contributed by atoms with Crippen LogP contribution in [-0.2, 0) is 11.2 Å². The number of benzene rings is 1. The van der Waals surface area contributed by atoms with Crippen molar-refractivity contribution in [1.29, 1.82) is 5.26 Å². The molecular formula is C20H24N2O2S. The lowest BCUT2D eigenvalue weighted by atomic mass is 9.97. The van der Waals surface area contributed by atoms with Gasteiger partial charge in [-0.2, -0.15) is 5.26 Å². The molecule has 0 radical (unpaired) electrons. The van der Waals surface area contributed by atoms with E-state index in [1.807, 2.05) is 39.0 Å². The maximum atomic E-state index is 12.3. The number of ether oxygens (including phenoxy) is 1. The molecule has 0 unspecified atom stereocenters. The highest BCUT2D eigenvalue weighted by Gasteiger charge is 2.23. The van der Waals surface area contributed by atoms with Crippen LogP contribution in [0.1, 0.15) is 61.1 Å². The van der Waals surface area contributed by atoms with Gasteiger partial charge in [0.05, 0.1) is 17.3 Å². The summed E-state index contributed by atoms with van der Waals surface area (Å²) in [7, 11) is 0. The molecule has 0 spiro atoms. The summed E-state index contributed by atoms with van der Waals surface area (Å²) in [5.74, 6) is 0.129. The Morgan fingerprint density at radius 1 is 1.36 bits per heavy atom. The molecule has 132 valence electrons. The highest BCUT2D eigenvalue weighted by Crippen LogP contribution is 2.31. The molecule has 0 aliphatic heterocycles. The third-order valence-electron chi connectivity index (χ3n) is 3.49. The second kappa shape index (κ2) is 7.37. The van der Waals surface area contributed by atoms with Crippen LogP contribution in [-0.4, -0.2) is 16.6 Å². The summed E-state index contributed by atoms with van der Waals surface area (Å²) in [6, 6.07) is 8.08. The summed E-state index contributed by atoms with van der Waals surface area (Å²) >= 11 is 1.31. The minimum Gasteiger partial charge on any atom is -0.456 e. The molecule has 4 nitrogen and oxygen atoms in total. The molecule has 0 N–H and O–H groups in total. The summed E-state index contributed by atoms with van der Waals surface area (Å²) < 4.78 is 5.44. The van der Waals surface area contributed by atoms with Gasteiger partial charge in [0.15, 0.2) is 0 Å². The zero-order chi connectivity index (χ0) is 18.8. The highest BCUT2D eigenvalue weighted by molar-refractivity contribution is 7.17. The van der Waals surface area contributed by atoms with Crippen LogP contribution in [0.3, 0.4) is 0 Å². The Balaban J connectivity index is 2.36. The van der Waals surface area contributed by atoms with Gasteiger partial charge in [0.2, 0.25) is 0 Å². The van der Waals surface area contributed by atoms with Crippen molar-refractivity contribution in [2.24, 2.45) is 5.92 Å². The lowest BCUT2D eigenvalue weighted by molar-refractivity contribution is 0.00742. The van der Waals surface area contributed by atoms with Crippen molar-refractivity contribution in [3.8, 4) is 16.6 Å². The van der Waals surface area contributed by atoms with Gasteiger partial charge in [0, 0.05) is 5.56 Å². The molecule has 1 aromatic heterocycles. The van der Waals surface area contributed by atoms with Crippen molar-refractivity contribution < 1.29 is 9.53 Å². The molecule has 0 atom stereocenters. The molecule has 25 heavy (non-hydrogen) atoms. The van der Waals surface area contributed by atoms with Crippen LogP contribution >= 0.6 is 11.3 Å². The summed E-state index contributed by atoms with van der Waals surface area (Å²) in [5, 5.41) is 10.2. The summed E-state index contributed by atoms with van der Waals surface area (Å²) in [6.45, 7) is 11.6. The first-order chi connectivity index (χ1) is 11.6. The molecule has 1 heterocycles. The minimum atomic E-state index is -0.542. The Morgan fingerprint density at radius 2 is 2.04 bits per heavy atom. The average molecular weight is 356 g/mol. The maximum absolute atomic E-state index is 12.3. The van der Waals surface area contributed by atoms with Crippen LogP contribution in [0, 0.1) is 24.2 Å². The van der Waals surface area contributed by atoms with Crippen molar-refractivity contribution in [2.75, 3.05) is 0 Å². The lowest BCUT2D eigenvalue weighted by Crippen LogP contribution is -2.23. The number of nitrogens with zero attached hydrogens (tertiary/aromatic N) is 2. The largest absolute Gasteiger partial charge is 0.456 e. The Hall–Kier alpha value is -2.19. The molecule has 0 aliphatic carbocycles. The van der Waals surface area contributed by atoms with E-state index in [1.54, 1.807) is 6.92 Å². The quantitative estimate of drug-likeness (QED) is 0.711. The topological polar surface area (TPSA) is 63.0 Å². The average Bonchev–Trinajstić information content (AvgIpc) is 2.87. The van der Waals surface area contributed by atoms with Crippen molar-refractivity contribution >= 4 is 17.3 Å². The summed E-state index contributed by atoms with van der Waals surface area (Å²) in [6.07, 6.45) is 0.864. The number of carbonyl (C=O) groups excluding carboxylic acids is 1. The number of aromatic nitrogens is 1. The first-order valence-corrected chi connectivity index (χ1v) is 9.16. The van der Waals surface area contributed by atoms with Crippen molar-refractivity contribution in [3.63, 3.8) is 0 Å². The number of thiazole rings is 1. The molecule has 2 rings (SSSR count). The number of hydrogen-bond acceptors (Lipinski definition) is 5. The van der Waals surface area contributed by atoms with E-state index in [0.717, 1.165) is 22.6 Å². The SMILES string of the molecule is Cc1nc(-c2ccc(CC(C)C)c(C#N)c2)sc1C(=O)OC(C)(C)C. The zero-order valence-corrected chi connectivity index (χ0v) is 16.5. The smallest absolute Gasteiger partial charge is 0.350 e. The van der Waals surface area contributed by atoms with Gasteiger partial charge in [-0.15, -0.1) is 11.3 Å². The number of carbonyl (C=O) groups is 1. The van der Waals surface area contributed by atoms with Crippen molar-refractivity contribution in [1.82, 2.24) is 4.98 Å². The first kappa shape index (κ1) is 19.1. The van der Waals surface area contributed by atoms with Gasteiger partial charge < -0.3 is 4.74 Å². The second-order valence-corrected chi connectivity index (χ2v) is 8.52. The van der Waals surface area contributed by atoms with E-state index in [0.29, 0.717) is 22.1 Å². The van der Waals surface area contributed by atoms with Crippen LogP contribution in [0.2, 0.25) is 0 Å². The third kappa shape index (κ3) is 4.90. The van der Waals surface area contributed by atoms with Crippen LogP contribution in [0.15, 0.2) is 18.2 Å². The Labute approximate surface area is 153 Å². The number of aryl methyl sites for hydroxylation is 1. The van der Waals surface area contributed by atoms with Gasteiger partial charge in [0.25, 0.3) is 0 Å². The zero-order valence-electron chi connectivity index (χ0n) is 15.6. The molecule has 2 aromatic rings. The molecule has 0 saturated carbocycles. The van der Waals surface area contributed by atoms with Crippen LogP contribution in [0.25, 0.3) is 10.6 Å². The van der Waals surface area contributed by atoms with Gasteiger partial charge in [-0.25, -0.2) is 9.78 Å². The molecular weight excluding hydrogens is 332 g/mol. The minimum absolute atomic E-state index is 0.356. The van der Waals surface area contributed by atoms with E-state index >= 15 is 0 Å². The summed E-state index contributed by atoms with van der Waals surface area (Å²) in [5.41, 5.74) is 2.67. The monoisotopic (exact) mass is 356 g/mol. The van der Waals surface area contributed by atoms with E-state index in [-0.39, 0.29) is 5.97 Å². The second-order valence-electron chi connectivity index (χ2n) is 7.52. The van der Waals surface area contributed by atoms with E-state index in [1.165, 1.54) is 11.3 Å². The number of esters is 1. The highest BCUT2D eigenvalue weighted by atomic mass is 32.1. The third-order valence-corrected chi connectivity index (χ3v) is 4.67. The number of rotatable bonds is 4. The molecule has 1 aromatic carbocycles. The van der Waals surface area contributed by atoms with Gasteiger partial charge >= 0.3 is 5.97 Å². The Morgan fingerprint density at radius 3 is 2.60 bits per heavy atom. The Kier molecular flexibility index (Phi) is 5.64. The van der Waals surface area contributed by atoms with Crippen LogP contribution < -0.4 is 0 Å². The van der Waals surface area contributed by atoms with Crippen molar-refractivity contribution in [3.05, 3.63) is 39.9 Å². The van der Waals surface area contributed by atoms with E-state index in [4.69, 9.17) is 4.74 Å². The van der Waals surface area contributed by atoms with Crippen molar-refractivity contribution in [2.45, 2.75) is 53.6 Å². The maximum Gasteiger partial charge on any atom is 0.350 e. The lowest BCUT2D eigenvalue weighted by Gasteiger charge is -2.18. The molecule has 0 amide bonds. The normalized spacial score (nSPS) is 11.4. The predicted octanol–water partition coefficient (Wildman–Crippen LogP) is 5.14. The van der Waals surface area contributed by atoms with Gasteiger partial charge in [-0.3, -0.25) is 0 Å². The molecule has 0 saturated heterocycles. The van der Waals surface area contributed by atoms with E-state index < -0.39 is 5.60 Å².